The molecule has 1 aromatic carbocycles. The van der Waals surface area contributed by atoms with Crippen LogP contribution >= 0.6 is 22.9 Å². The smallest absolute Gasteiger partial charge is 0.184 e. The van der Waals surface area contributed by atoms with Crippen LogP contribution in [-0.2, 0) is 13.1 Å². The number of anilines is 1. The number of hydrogen-bond acceptors (Lipinski definition) is 5. The monoisotopic (exact) mass is 293 g/mol. The van der Waals surface area contributed by atoms with E-state index in [0.717, 1.165) is 27.7 Å². The van der Waals surface area contributed by atoms with Crippen LogP contribution in [0.4, 0.5) is 5.13 Å². The topological polar surface area (TPSA) is 55.6 Å². The lowest BCUT2D eigenvalue weighted by Gasteiger charge is -2.03. The molecule has 19 heavy (non-hydrogen) atoms. The molecule has 0 amide bonds. The molecule has 0 atom stereocenters. The second kappa shape index (κ2) is 5.14. The Hall–Kier alpha value is -1.66. The number of thiazole rings is 1. The molecule has 2 heterocycles. The van der Waals surface area contributed by atoms with E-state index in [1.807, 2.05) is 22.8 Å². The second-order valence-corrected chi connectivity index (χ2v) is 5.48. The van der Waals surface area contributed by atoms with Gasteiger partial charge in [0.25, 0.3) is 0 Å². The molecule has 0 unspecified atom stereocenters. The number of halogens is 1. The molecule has 0 saturated heterocycles. The highest BCUT2D eigenvalue weighted by atomic mass is 35.5. The van der Waals surface area contributed by atoms with Crippen LogP contribution in [0.25, 0.3) is 10.2 Å². The van der Waals surface area contributed by atoms with E-state index in [1.54, 1.807) is 17.7 Å². The Kier molecular flexibility index (Phi) is 3.35. The molecule has 3 rings (SSSR count). The van der Waals surface area contributed by atoms with Gasteiger partial charge < -0.3 is 9.88 Å². The van der Waals surface area contributed by atoms with Crippen LogP contribution in [0.15, 0.2) is 24.5 Å². The van der Waals surface area contributed by atoms with Crippen LogP contribution in [0.2, 0.25) is 5.02 Å². The van der Waals surface area contributed by atoms with Gasteiger partial charge >= 0.3 is 0 Å². The minimum atomic E-state index is 0.612. The van der Waals surface area contributed by atoms with E-state index >= 15 is 0 Å². The molecular weight excluding hydrogens is 282 g/mol. The van der Waals surface area contributed by atoms with Gasteiger partial charge in [0.2, 0.25) is 0 Å². The number of benzene rings is 1. The number of hydrogen-bond donors (Lipinski definition) is 1. The summed E-state index contributed by atoms with van der Waals surface area (Å²) in [5, 5.41) is 12.8. The Morgan fingerprint density at radius 3 is 3.16 bits per heavy atom. The van der Waals surface area contributed by atoms with Gasteiger partial charge in [-0.1, -0.05) is 22.9 Å². The zero-order valence-corrected chi connectivity index (χ0v) is 11.9. The average molecular weight is 294 g/mol. The fourth-order valence-electron chi connectivity index (χ4n) is 1.81. The van der Waals surface area contributed by atoms with Crippen LogP contribution in [0, 0.1) is 0 Å². The Bertz CT molecular complexity index is 705. The van der Waals surface area contributed by atoms with Crippen molar-refractivity contribution in [2.75, 3.05) is 5.32 Å². The number of nitrogens with one attached hydrogen (secondary N) is 1. The molecule has 0 bridgehead atoms. The van der Waals surface area contributed by atoms with Crippen LogP contribution in [0.1, 0.15) is 12.7 Å². The minimum absolute atomic E-state index is 0.612. The van der Waals surface area contributed by atoms with Crippen molar-refractivity contribution < 1.29 is 0 Å². The number of aryl methyl sites for hydroxylation is 1. The summed E-state index contributed by atoms with van der Waals surface area (Å²) in [7, 11) is 0. The highest BCUT2D eigenvalue weighted by Crippen LogP contribution is 2.28. The van der Waals surface area contributed by atoms with E-state index in [-0.39, 0.29) is 0 Å². The lowest BCUT2D eigenvalue weighted by molar-refractivity contribution is 0.708. The predicted octanol–water partition coefficient (Wildman–Crippen LogP) is 3.17. The van der Waals surface area contributed by atoms with E-state index in [4.69, 9.17) is 11.6 Å². The first kappa shape index (κ1) is 12.4. The third-order valence-electron chi connectivity index (χ3n) is 2.78. The second-order valence-electron chi connectivity index (χ2n) is 4.02. The first-order valence-electron chi connectivity index (χ1n) is 5.93. The van der Waals surface area contributed by atoms with Crippen LogP contribution in [0.3, 0.4) is 0 Å². The number of fused-ring (bicyclic) bond motifs is 1. The van der Waals surface area contributed by atoms with E-state index in [0.29, 0.717) is 11.6 Å². The van der Waals surface area contributed by atoms with Crippen molar-refractivity contribution in [3.63, 3.8) is 0 Å². The SMILES string of the molecule is CCn1cnnc1CNc1nc2cc(Cl)ccc2s1. The molecule has 1 N–H and O–H groups in total. The van der Waals surface area contributed by atoms with Gasteiger partial charge in [0.1, 0.15) is 6.33 Å². The lowest BCUT2D eigenvalue weighted by atomic mass is 10.3. The first-order valence-corrected chi connectivity index (χ1v) is 7.12. The molecule has 7 heteroatoms. The summed E-state index contributed by atoms with van der Waals surface area (Å²) >= 11 is 7.55. The summed E-state index contributed by atoms with van der Waals surface area (Å²) in [5.74, 6) is 0.903. The van der Waals surface area contributed by atoms with Crippen molar-refractivity contribution in [2.45, 2.75) is 20.0 Å². The van der Waals surface area contributed by atoms with Crippen molar-refractivity contribution in [3.05, 3.63) is 35.4 Å². The van der Waals surface area contributed by atoms with Gasteiger partial charge in [0.05, 0.1) is 16.8 Å². The van der Waals surface area contributed by atoms with Crippen molar-refractivity contribution in [3.8, 4) is 0 Å². The molecule has 0 spiro atoms. The third-order valence-corrected chi connectivity index (χ3v) is 4.01. The van der Waals surface area contributed by atoms with E-state index in [9.17, 15) is 0 Å². The summed E-state index contributed by atoms with van der Waals surface area (Å²) in [6, 6.07) is 5.72. The summed E-state index contributed by atoms with van der Waals surface area (Å²) < 4.78 is 3.11. The molecule has 0 saturated carbocycles. The van der Waals surface area contributed by atoms with Crippen molar-refractivity contribution >= 4 is 38.3 Å². The number of nitrogens with zero attached hydrogens (tertiary/aromatic N) is 4. The van der Waals surface area contributed by atoms with Crippen molar-refractivity contribution in [2.24, 2.45) is 0 Å². The molecule has 5 nitrogen and oxygen atoms in total. The highest BCUT2D eigenvalue weighted by molar-refractivity contribution is 7.22. The standard InChI is InChI=1S/C12H12ClN5S/c1-2-18-7-15-17-11(18)6-14-12-16-9-5-8(13)3-4-10(9)19-12/h3-5,7H,2,6H2,1H3,(H,14,16). The Balaban J connectivity index is 1.78. The maximum atomic E-state index is 5.95. The Morgan fingerprint density at radius 1 is 1.42 bits per heavy atom. The maximum absolute atomic E-state index is 5.95. The fourth-order valence-corrected chi connectivity index (χ4v) is 2.82. The van der Waals surface area contributed by atoms with E-state index in [1.165, 1.54) is 0 Å². The fraction of sp³-hybridized carbons (Fsp3) is 0.250. The van der Waals surface area contributed by atoms with Gasteiger partial charge in [-0.2, -0.15) is 0 Å². The highest BCUT2D eigenvalue weighted by Gasteiger charge is 2.06. The van der Waals surface area contributed by atoms with Gasteiger partial charge in [-0.3, -0.25) is 0 Å². The van der Waals surface area contributed by atoms with Crippen molar-refractivity contribution in [1.82, 2.24) is 19.7 Å². The summed E-state index contributed by atoms with van der Waals surface area (Å²) in [6.45, 7) is 3.54. The zero-order chi connectivity index (χ0) is 13.2. The summed E-state index contributed by atoms with van der Waals surface area (Å²) in [4.78, 5) is 4.49. The largest absolute Gasteiger partial charge is 0.354 e. The van der Waals surface area contributed by atoms with Gasteiger partial charge in [-0.05, 0) is 25.1 Å². The van der Waals surface area contributed by atoms with Crippen LogP contribution in [-0.4, -0.2) is 19.7 Å². The quantitative estimate of drug-likeness (QED) is 0.803. The average Bonchev–Trinajstić information content (AvgIpc) is 3.01. The van der Waals surface area contributed by atoms with Gasteiger partial charge in [0, 0.05) is 11.6 Å². The molecular formula is C12H12ClN5S. The zero-order valence-electron chi connectivity index (χ0n) is 10.3. The molecule has 0 aliphatic rings. The Labute approximate surface area is 119 Å². The lowest BCUT2D eigenvalue weighted by Crippen LogP contribution is -2.07. The Morgan fingerprint density at radius 2 is 2.32 bits per heavy atom. The van der Waals surface area contributed by atoms with Gasteiger partial charge in [-0.15, -0.1) is 10.2 Å². The molecule has 0 radical (unpaired) electrons. The van der Waals surface area contributed by atoms with Crippen molar-refractivity contribution in [1.29, 1.82) is 0 Å². The molecule has 3 aromatic rings. The summed E-state index contributed by atoms with van der Waals surface area (Å²) in [5.41, 5.74) is 0.914. The van der Waals surface area contributed by atoms with Gasteiger partial charge in [-0.25, -0.2) is 4.98 Å². The molecule has 0 fully saturated rings. The normalized spacial score (nSPS) is 11.1. The summed E-state index contributed by atoms with van der Waals surface area (Å²) in [6.07, 6.45) is 1.73. The number of rotatable bonds is 4. The first-order chi connectivity index (χ1) is 9.26. The van der Waals surface area contributed by atoms with E-state index < -0.39 is 0 Å². The van der Waals surface area contributed by atoms with Gasteiger partial charge in [0.15, 0.2) is 11.0 Å². The number of aromatic nitrogens is 4. The maximum Gasteiger partial charge on any atom is 0.184 e. The predicted molar refractivity (Wildman–Crippen MR) is 77.7 cm³/mol. The van der Waals surface area contributed by atoms with E-state index in [2.05, 4.69) is 27.4 Å². The van der Waals surface area contributed by atoms with Crippen LogP contribution in [0.5, 0.6) is 0 Å². The molecule has 0 aliphatic carbocycles. The molecule has 98 valence electrons. The molecule has 2 aromatic heterocycles. The van der Waals surface area contributed by atoms with Crippen LogP contribution < -0.4 is 5.32 Å². The molecule has 0 aliphatic heterocycles. The third kappa shape index (κ3) is 2.54. The minimum Gasteiger partial charge on any atom is -0.354 e.